The first-order chi connectivity index (χ1) is 9.71. The van der Waals surface area contributed by atoms with Gasteiger partial charge >= 0.3 is 0 Å². The van der Waals surface area contributed by atoms with Crippen LogP contribution in [0.15, 0.2) is 0 Å². The normalized spacial score (nSPS) is 12.8. The van der Waals surface area contributed by atoms with Crippen LogP contribution in [0.4, 0.5) is 0 Å². The van der Waals surface area contributed by atoms with Crippen LogP contribution in [0.2, 0.25) is 0 Å². The lowest BCUT2D eigenvalue weighted by atomic mass is 9.99. The minimum atomic E-state index is 0.721. The Morgan fingerprint density at radius 2 is 1.90 bits per heavy atom. The quantitative estimate of drug-likeness (QED) is 0.709. The number of aryl methyl sites for hydroxylation is 1. The first-order valence-electron chi connectivity index (χ1n) is 8.49. The van der Waals surface area contributed by atoms with Gasteiger partial charge in [0.2, 0.25) is 0 Å². The van der Waals surface area contributed by atoms with Gasteiger partial charge in [-0.05, 0) is 43.7 Å². The summed E-state index contributed by atoms with van der Waals surface area (Å²) in [6.07, 6.45) is 8.23. The van der Waals surface area contributed by atoms with Crippen molar-refractivity contribution in [3.05, 3.63) is 17.0 Å². The number of hydrogen-bond acceptors (Lipinski definition) is 2. The average molecular weight is 279 g/mol. The summed E-state index contributed by atoms with van der Waals surface area (Å²) in [5.41, 5.74) is 9.87. The van der Waals surface area contributed by atoms with Crippen LogP contribution in [0.1, 0.15) is 70.3 Å². The van der Waals surface area contributed by atoms with Gasteiger partial charge in [-0.1, -0.05) is 47.0 Å². The number of nitrogens with zero attached hydrogens (tertiary/aromatic N) is 2. The Bertz CT molecular complexity index is 382. The van der Waals surface area contributed by atoms with E-state index in [0.717, 1.165) is 38.3 Å². The molecule has 116 valence electrons. The third-order valence-electron chi connectivity index (χ3n) is 4.29. The van der Waals surface area contributed by atoms with Gasteiger partial charge in [0.15, 0.2) is 0 Å². The number of hydrogen-bond donors (Lipinski definition) is 1. The second-order valence-corrected chi connectivity index (χ2v) is 5.72. The summed E-state index contributed by atoms with van der Waals surface area (Å²) < 4.78 is 2.29. The van der Waals surface area contributed by atoms with Gasteiger partial charge in [0, 0.05) is 12.2 Å². The molecular weight excluding hydrogens is 246 g/mol. The van der Waals surface area contributed by atoms with E-state index in [1.165, 1.54) is 42.6 Å². The van der Waals surface area contributed by atoms with Crippen LogP contribution in [0.5, 0.6) is 0 Å². The van der Waals surface area contributed by atoms with Gasteiger partial charge in [0.1, 0.15) is 0 Å². The average Bonchev–Trinajstić information content (AvgIpc) is 2.80. The molecule has 1 atom stereocenters. The number of unbranched alkanes of at least 4 members (excludes halogenated alkanes) is 1. The van der Waals surface area contributed by atoms with Crippen molar-refractivity contribution in [2.45, 2.75) is 79.2 Å². The largest absolute Gasteiger partial charge is 0.330 e. The van der Waals surface area contributed by atoms with E-state index in [9.17, 15) is 0 Å². The minimum absolute atomic E-state index is 0.721. The SMILES string of the molecule is CCCCC(CC)Cn1nc(CC)c(CCN)c1CC. The Balaban J connectivity index is 2.92. The highest BCUT2D eigenvalue weighted by Crippen LogP contribution is 2.21. The van der Waals surface area contributed by atoms with E-state index in [1.54, 1.807) is 0 Å². The van der Waals surface area contributed by atoms with Gasteiger partial charge in [-0.3, -0.25) is 4.68 Å². The molecule has 20 heavy (non-hydrogen) atoms. The molecule has 0 aromatic carbocycles. The molecule has 0 bridgehead atoms. The molecule has 3 nitrogen and oxygen atoms in total. The zero-order valence-electron chi connectivity index (χ0n) is 13.9. The van der Waals surface area contributed by atoms with Crippen LogP contribution in [0.25, 0.3) is 0 Å². The van der Waals surface area contributed by atoms with E-state index in [4.69, 9.17) is 10.8 Å². The topological polar surface area (TPSA) is 43.8 Å². The van der Waals surface area contributed by atoms with Crippen LogP contribution in [-0.4, -0.2) is 16.3 Å². The van der Waals surface area contributed by atoms with Gasteiger partial charge in [-0.25, -0.2) is 0 Å². The van der Waals surface area contributed by atoms with Gasteiger partial charge in [-0.15, -0.1) is 0 Å². The molecule has 0 aliphatic rings. The monoisotopic (exact) mass is 279 g/mol. The van der Waals surface area contributed by atoms with Crippen molar-refractivity contribution in [3.63, 3.8) is 0 Å². The van der Waals surface area contributed by atoms with Gasteiger partial charge < -0.3 is 5.73 Å². The molecule has 0 fully saturated rings. The summed E-state index contributed by atoms with van der Waals surface area (Å²) in [5.74, 6) is 0.760. The first-order valence-corrected chi connectivity index (χ1v) is 8.49. The fourth-order valence-corrected chi connectivity index (χ4v) is 3.01. The third kappa shape index (κ3) is 4.34. The molecule has 0 aliphatic heterocycles. The molecular formula is C17H33N3. The van der Waals surface area contributed by atoms with Crippen molar-refractivity contribution >= 4 is 0 Å². The first kappa shape index (κ1) is 17.2. The number of nitrogens with two attached hydrogens (primary N) is 1. The second kappa shape index (κ2) is 9.17. The molecule has 1 aromatic heterocycles. The predicted octanol–water partition coefficient (Wildman–Crippen LogP) is 3.73. The van der Waals surface area contributed by atoms with Crippen molar-refractivity contribution in [2.24, 2.45) is 11.7 Å². The zero-order valence-corrected chi connectivity index (χ0v) is 13.9. The molecule has 1 aromatic rings. The van der Waals surface area contributed by atoms with Crippen molar-refractivity contribution in [2.75, 3.05) is 6.54 Å². The van der Waals surface area contributed by atoms with Gasteiger partial charge in [0.25, 0.3) is 0 Å². The molecule has 1 unspecified atom stereocenters. The van der Waals surface area contributed by atoms with Crippen molar-refractivity contribution in [1.82, 2.24) is 9.78 Å². The second-order valence-electron chi connectivity index (χ2n) is 5.72. The molecule has 0 aliphatic carbocycles. The van der Waals surface area contributed by atoms with Crippen molar-refractivity contribution in [1.29, 1.82) is 0 Å². The fraction of sp³-hybridized carbons (Fsp3) is 0.824. The summed E-state index contributed by atoms with van der Waals surface area (Å²) in [4.78, 5) is 0. The molecule has 3 heteroatoms. The lowest BCUT2D eigenvalue weighted by molar-refractivity contribution is 0.365. The smallest absolute Gasteiger partial charge is 0.0657 e. The lowest BCUT2D eigenvalue weighted by Crippen LogP contribution is -2.14. The van der Waals surface area contributed by atoms with Crippen LogP contribution >= 0.6 is 0 Å². The summed E-state index contributed by atoms with van der Waals surface area (Å²) in [6, 6.07) is 0. The maximum Gasteiger partial charge on any atom is 0.0657 e. The number of aromatic nitrogens is 2. The Morgan fingerprint density at radius 1 is 1.15 bits per heavy atom. The molecule has 0 saturated heterocycles. The van der Waals surface area contributed by atoms with E-state index >= 15 is 0 Å². The molecule has 0 radical (unpaired) electrons. The van der Waals surface area contributed by atoms with Crippen LogP contribution in [-0.2, 0) is 25.8 Å². The molecule has 1 heterocycles. The maximum absolute atomic E-state index is 5.77. The zero-order chi connectivity index (χ0) is 15.0. The highest BCUT2D eigenvalue weighted by Gasteiger charge is 2.17. The van der Waals surface area contributed by atoms with Gasteiger partial charge in [0.05, 0.1) is 5.69 Å². The summed E-state index contributed by atoms with van der Waals surface area (Å²) in [7, 11) is 0. The van der Waals surface area contributed by atoms with E-state index in [0.29, 0.717) is 0 Å². The summed E-state index contributed by atoms with van der Waals surface area (Å²) >= 11 is 0. The van der Waals surface area contributed by atoms with Crippen LogP contribution in [0.3, 0.4) is 0 Å². The standard InChI is InChI=1S/C17H33N3/c1-5-9-10-14(6-2)13-20-17(8-4)15(11-12-18)16(7-3)19-20/h14H,5-13,18H2,1-4H3. The third-order valence-corrected chi connectivity index (χ3v) is 4.29. The van der Waals surface area contributed by atoms with E-state index in [-0.39, 0.29) is 0 Å². The Morgan fingerprint density at radius 3 is 2.40 bits per heavy atom. The Hall–Kier alpha value is -0.830. The summed E-state index contributed by atoms with van der Waals surface area (Å²) in [5, 5.41) is 4.88. The number of rotatable bonds is 10. The molecule has 0 saturated carbocycles. The van der Waals surface area contributed by atoms with E-state index in [2.05, 4.69) is 32.4 Å². The molecule has 1 rings (SSSR count). The Kier molecular flexibility index (Phi) is 7.90. The van der Waals surface area contributed by atoms with Crippen LogP contribution in [0, 0.1) is 5.92 Å². The maximum atomic E-state index is 5.77. The van der Waals surface area contributed by atoms with Crippen molar-refractivity contribution in [3.8, 4) is 0 Å². The van der Waals surface area contributed by atoms with Gasteiger partial charge in [-0.2, -0.15) is 5.10 Å². The van der Waals surface area contributed by atoms with E-state index in [1.807, 2.05) is 0 Å². The summed E-state index contributed by atoms with van der Waals surface area (Å²) in [6.45, 7) is 10.8. The Labute approximate surface area is 124 Å². The fourth-order valence-electron chi connectivity index (χ4n) is 3.01. The minimum Gasteiger partial charge on any atom is -0.330 e. The van der Waals surface area contributed by atoms with Crippen molar-refractivity contribution < 1.29 is 0 Å². The molecule has 2 N–H and O–H groups in total. The predicted molar refractivity (Wildman–Crippen MR) is 87.0 cm³/mol. The highest BCUT2D eigenvalue weighted by molar-refractivity contribution is 5.27. The van der Waals surface area contributed by atoms with E-state index < -0.39 is 0 Å². The van der Waals surface area contributed by atoms with Crippen LogP contribution < -0.4 is 5.73 Å². The highest BCUT2D eigenvalue weighted by atomic mass is 15.3. The molecule has 0 amide bonds. The molecule has 0 spiro atoms. The lowest BCUT2D eigenvalue weighted by Gasteiger charge is -2.16.